The van der Waals surface area contributed by atoms with Gasteiger partial charge in [-0.25, -0.2) is 4.98 Å². The summed E-state index contributed by atoms with van der Waals surface area (Å²) in [4.78, 5) is 52.4. The Hall–Kier alpha value is -6.67. The van der Waals surface area contributed by atoms with Gasteiger partial charge in [0.25, 0.3) is 16.9 Å². The molecule has 0 spiro atoms. The lowest BCUT2D eigenvalue weighted by molar-refractivity contribution is -0.385. The Morgan fingerprint density at radius 3 is 1.88 bits per heavy atom. The summed E-state index contributed by atoms with van der Waals surface area (Å²) in [6.07, 6.45) is -0.169. The molecule has 242 valence electrons. The first kappa shape index (κ1) is 32.7. The van der Waals surface area contributed by atoms with E-state index < -0.39 is 15.4 Å². The summed E-state index contributed by atoms with van der Waals surface area (Å²) >= 11 is 6.04. The third-order valence-electron chi connectivity index (χ3n) is 6.82. The molecule has 0 unspecified atom stereocenters. The summed E-state index contributed by atoms with van der Waals surface area (Å²) < 4.78 is 1.23. The van der Waals surface area contributed by atoms with Gasteiger partial charge in [-0.2, -0.15) is 20.2 Å². The number of rotatable bonds is 13. The van der Waals surface area contributed by atoms with Gasteiger partial charge in [0, 0.05) is 55.0 Å². The number of non-ortho nitro benzene ring substituents is 2. The molecule has 2 aromatic heterocycles. The minimum Gasteiger partial charge on any atom is -0.350 e. The zero-order valence-electron chi connectivity index (χ0n) is 25.0. The van der Waals surface area contributed by atoms with Gasteiger partial charge >= 0.3 is 0 Å². The number of nitriles is 1. The molecule has 0 aliphatic rings. The van der Waals surface area contributed by atoms with E-state index in [0.717, 1.165) is 0 Å². The van der Waals surface area contributed by atoms with Crippen molar-refractivity contribution in [2.75, 3.05) is 21.5 Å². The van der Waals surface area contributed by atoms with Crippen molar-refractivity contribution >= 4 is 46.8 Å². The van der Waals surface area contributed by atoms with E-state index in [-0.39, 0.29) is 65.9 Å². The molecule has 0 bridgehead atoms. The number of anilines is 4. The number of nitro groups is 2. The monoisotopic (exact) mass is 668 g/mol. The molecule has 3 aromatic carbocycles. The second kappa shape index (κ2) is 14.6. The van der Waals surface area contributed by atoms with Crippen LogP contribution >= 0.6 is 11.6 Å². The van der Waals surface area contributed by atoms with Gasteiger partial charge in [0.2, 0.25) is 23.8 Å². The van der Waals surface area contributed by atoms with Gasteiger partial charge in [-0.15, -0.1) is 0 Å². The fraction of sp³-hybridized carbons (Fsp3) is 0.133. The molecule has 0 saturated carbocycles. The van der Waals surface area contributed by atoms with Crippen LogP contribution in [0.5, 0.6) is 0 Å². The summed E-state index contributed by atoms with van der Waals surface area (Å²) in [6.45, 7) is 0.257. The van der Waals surface area contributed by atoms with Gasteiger partial charge in [0.15, 0.2) is 0 Å². The molecule has 0 saturated heterocycles. The van der Waals surface area contributed by atoms with Gasteiger partial charge in [-0.3, -0.25) is 40.4 Å². The number of halogens is 1. The van der Waals surface area contributed by atoms with Crippen LogP contribution in [0.2, 0.25) is 5.02 Å². The van der Waals surface area contributed by atoms with E-state index in [9.17, 15) is 30.3 Å². The molecule has 2 heterocycles. The highest BCUT2D eigenvalue weighted by Gasteiger charge is 2.17. The molecule has 4 N–H and O–H groups in total. The molecule has 0 fully saturated rings. The van der Waals surface area contributed by atoms with E-state index in [1.54, 1.807) is 48.5 Å². The molecule has 0 aliphatic heterocycles. The number of nitrogens with one attached hydrogen (secondary N) is 4. The summed E-state index contributed by atoms with van der Waals surface area (Å²) in [5, 5.41) is 38.3. The van der Waals surface area contributed by atoms with Gasteiger partial charge in [0.1, 0.15) is 0 Å². The zero-order valence-corrected chi connectivity index (χ0v) is 25.8. The van der Waals surface area contributed by atoms with E-state index >= 15 is 0 Å². The maximum Gasteiger partial charge on any atom is 0.269 e. The lowest BCUT2D eigenvalue weighted by atomic mass is 10.1. The Morgan fingerprint density at radius 2 is 1.35 bits per heavy atom. The van der Waals surface area contributed by atoms with E-state index in [2.05, 4.69) is 41.4 Å². The molecular weight excluding hydrogens is 644 g/mol. The predicted molar refractivity (Wildman–Crippen MR) is 177 cm³/mol. The molecule has 5 rings (SSSR count). The van der Waals surface area contributed by atoms with Crippen molar-refractivity contribution < 1.29 is 9.85 Å². The van der Waals surface area contributed by atoms with Gasteiger partial charge < -0.3 is 10.6 Å². The molecule has 5 aromatic rings. The van der Waals surface area contributed by atoms with Gasteiger partial charge in [0.05, 0.1) is 33.6 Å². The summed E-state index contributed by atoms with van der Waals surface area (Å²) in [6, 6.07) is 20.8. The maximum absolute atomic E-state index is 13.3. The molecule has 0 aliphatic carbocycles. The van der Waals surface area contributed by atoms with Crippen LogP contribution in [0.15, 0.2) is 77.6 Å². The topological polar surface area (TPSA) is 232 Å². The van der Waals surface area contributed by atoms with Crippen molar-refractivity contribution in [1.82, 2.24) is 24.5 Å². The highest BCUT2D eigenvalue weighted by atomic mass is 35.5. The fourth-order valence-corrected chi connectivity index (χ4v) is 4.59. The lowest BCUT2D eigenvalue weighted by Crippen LogP contribution is -2.28. The summed E-state index contributed by atoms with van der Waals surface area (Å²) in [5.74, 6) is 0.214. The van der Waals surface area contributed by atoms with Crippen LogP contribution in [0.25, 0.3) is 11.3 Å². The minimum absolute atomic E-state index is 0.0172. The predicted octanol–water partition coefficient (Wildman–Crippen LogP) is 4.83. The Morgan fingerprint density at radius 1 is 0.812 bits per heavy atom. The molecule has 0 atom stereocenters. The first-order valence-corrected chi connectivity index (χ1v) is 14.4. The second-order valence-corrected chi connectivity index (χ2v) is 10.5. The number of nitrogens with zero attached hydrogens (tertiary/aromatic N) is 8. The maximum atomic E-state index is 13.3. The number of benzene rings is 3. The van der Waals surface area contributed by atoms with Crippen molar-refractivity contribution in [3.63, 3.8) is 0 Å². The largest absolute Gasteiger partial charge is 0.350 e. The average molecular weight is 669 g/mol. The van der Waals surface area contributed by atoms with E-state index in [0.29, 0.717) is 21.7 Å². The van der Waals surface area contributed by atoms with Crippen LogP contribution in [0.4, 0.5) is 35.2 Å². The number of aromatic nitrogens is 5. The Kier molecular flexibility index (Phi) is 9.96. The fourth-order valence-electron chi connectivity index (χ4n) is 4.47. The Balaban J connectivity index is 1.43. The Labute approximate surface area is 276 Å². The van der Waals surface area contributed by atoms with Crippen LogP contribution in [0.3, 0.4) is 0 Å². The molecule has 0 amide bonds. The first-order valence-electron chi connectivity index (χ1n) is 14.1. The second-order valence-electron chi connectivity index (χ2n) is 10.1. The molecule has 0 radical (unpaired) electrons. The van der Waals surface area contributed by atoms with Crippen LogP contribution in [0, 0.1) is 31.6 Å². The smallest absolute Gasteiger partial charge is 0.269 e. The van der Waals surface area contributed by atoms with Crippen molar-refractivity contribution in [1.29, 1.82) is 5.26 Å². The van der Waals surface area contributed by atoms with Crippen molar-refractivity contribution in [2.24, 2.45) is 7.05 Å². The highest BCUT2D eigenvalue weighted by molar-refractivity contribution is 6.30. The van der Waals surface area contributed by atoms with E-state index in [4.69, 9.17) is 11.6 Å². The molecule has 17 nitrogen and oxygen atoms in total. The number of nitro benzene ring substituents is 2. The van der Waals surface area contributed by atoms with Crippen molar-refractivity contribution in [3.8, 4) is 17.3 Å². The number of hydrazine groups is 1. The number of hydrogen-bond donors (Lipinski definition) is 4. The third-order valence-corrected chi connectivity index (χ3v) is 7.08. The van der Waals surface area contributed by atoms with Crippen LogP contribution < -0.4 is 27.0 Å². The van der Waals surface area contributed by atoms with Gasteiger partial charge in [-0.1, -0.05) is 48.0 Å². The lowest BCUT2D eigenvalue weighted by Gasteiger charge is -2.16. The summed E-state index contributed by atoms with van der Waals surface area (Å²) in [7, 11) is 1.48. The van der Waals surface area contributed by atoms with Crippen molar-refractivity contribution in [2.45, 2.75) is 19.5 Å². The molecule has 48 heavy (non-hydrogen) atoms. The highest BCUT2D eigenvalue weighted by Crippen LogP contribution is 2.24. The zero-order chi connectivity index (χ0) is 34.2. The van der Waals surface area contributed by atoms with Crippen LogP contribution in [0.1, 0.15) is 16.7 Å². The van der Waals surface area contributed by atoms with Crippen LogP contribution in [-0.4, -0.2) is 34.3 Å². The first-order chi connectivity index (χ1) is 23.1. The quantitative estimate of drug-likeness (QED) is 0.0972. The average Bonchev–Trinajstić information content (AvgIpc) is 3.09. The van der Waals surface area contributed by atoms with E-state index in [1.807, 2.05) is 6.07 Å². The van der Waals surface area contributed by atoms with Crippen molar-refractivity contribution in [3.05, 3.63) is 125 Å². The standard InChI is InChI=1S/C30H25ClN12O5/c1-41-26(44)24(12-13-32)25(20-8-10-21(31)11-9-20)35-30(41)40-39-29-37-27(33-16-18-4-2-6-22(14-18)42(45)46)36-28(38-29)34-17-19-5-3-7-23(15-19)43(47)48/h2-11,14-15H,12,16-17H2,1H3,(H,35,40)(H3,33,34,36,37,38,39). The van der Waals surface area contributed by atoms with E-state index in [1.165, 1.54) is 35.9 Å². The SMILES string of the molecule is Cn1c(NNc2nc(NCc3cccc([N+](=O)[O-])c3)nc(NCc3cccc([N+](=O)[O-])c3)n2)nc(-c2ccc(Cl)cc2)c(CC#N)c1=O. The van der Waals surface area contributed by atoms with Gasteiger partial charge in [-0.05, 0) is 23.3 Å². The Bertz CT molecular complexity index is 2020. The molecular formula is C30H25ClN12O5. The van der Waals surface area contributed by atoms with Crippen LogP contribution in [-0.2, 0) is 26.6 Å². The molecule has 18 heteroatoms. The normalized spacial score (nSPS) is 10.5. The summed E-state index contributed by atoms with van der Waals surface area (Å²) in [5.41, 5.74) is 7.30. The third kappa shape index (κ3) is 7.94. The number of hydrogen-bond acceptors (Lipinski definition) is 14. The minimum atomic E-state index is -0.497.